The molecule has 0 saturated carbocycles. The van der Waals surface area contributed by atoms with E-state index in [0.717, 1.165) is 6.08 Å². The highest BCUT2D eigenvalue weighted by molar-refractivity contribution is 6.31. The quantitative estimate of drug-likeness (QED) is 0.754. The molecule has 0 aromatic heterocycles. The van der Waals surface area contributed by atoms with Crippen LogP contribution < -0.4 is 5.32 Å². The van der Waals surface area contributed by atoms with Crippen LogP contribution in [0.1, 0.15) is 32.3 Å². The molecule has 156 valence electrons. The lowest BCUT2D eigenvalue weighted by Crippen LogP contribution is -2.60. The number of nitrogens with zero attached hydrogens (tertiary/aromatic N) is 2. The highest BCUT2D eigenvalue weighted by Crippen LogP contribution is 2.48. The molecule has 2 aliphatic heterocycles. The lowest BCUT2D eigenvalue weighted by Gasteiger charge is -2.50. The van der Waals surface area contributed by atoms with Crippen molar-refractivity contribution < 1.29 is 23.5 Å². The van der Waals surface area contributed by atoms with Crippen molar-refractivity contribution in [3.8, 4) is 0 Å². The van der Waals surface area contributed by atoms with Gasteiger partial charge in [-0.05, 0) is 44.9 Å². The molecule has 0 bridgehead atoms. The average molecular weight is 424 g/mol. The zero-order chi connectivity index (χ0) is 21.3. The van der Waals surface area contributed by atoms with Crippen molar-refractivity contribution in [2.24, 2.45) is 0 Å². The van der Waals surface area contributed by atoms with Gasteiger partial charge in [0.2, 0.25) is 11.8 Å². The van der Waals surface area contributed by atoms with Crippen LogP contribution in [-0.2, 0) is 19.9 Å². The number of likely N-dealkylation sites (N-methyl/N-ethyl adjacent to an activating group) is 1. The summed E-state index contributed by atoms with van der Waals surface area (Å²) in [4.78, 5) is 40.0. The van der Waals surface area contributed by atoms with E-state index in [1.807, 2.05) is 0 Å². The van der Waals surface area contributed by atoms with Gasteiger partial charge in [-0.1, -0.05) is 18.2 Å². The van der Waals surface area contributed by atoms with Gasteiger partial charge in [0.1, 0.15) is 6.54 Å². The maximum Gasteiger partial charge on any atom is 0.412 e. The molecule has 1 saturated heterocycles. The van der Waals surface area contributed by atoms with E-state index in [9.17, 15) is 14.4 Å². The molecular weight excluding hydrogens is 401 g/mol. The number of likely N-dealkylation sites (tertiary alicyclic amines) is 1. The molecule has 9 heteroatoms. The molecule has 1 aromatic carbocycles. The Morgan fingerprint density at radius 1 is 1.52 bits per heavy atom. The maximum absolute atomic E-state index is 15.0. The van der Waals surface area contributed by atoms with Crippen LogP contribution in [0.4, 0.5) is 14.9 Å². The van der Waals surface area contributed by atoms with E-state index >= 15 is 4.39 Å². The number of nitrogens with one attached hydrogen (secondary N) is 1. The standard InChI is InChI=1S/C20H23ClFN3O4/c1-4-15(26)24(5-2)11-16(27)25-10-6-9-20(12(25)3)17-14(23-19(28)29-20)8-7-13(21)18(17)22/h4,7-8,12H,1,5-6,9-11H2,2-3H3,(H,23,28). The third kappa shape index (κ3) is 3.57. The number of benzene rings is 1. The predicted octanol–water partition coefficient (Wildman–Crippen LogP) is 3.28. The van der Waals surface area contributed by atoms with E-state index in [1.54, 1.807) is 13.8 Å². The fourth-order valence-electron chi connectivity index (χ4n) is 4.13. The van der Waals surface area contributed by atoms with Crippen LogP contribution in [0.15, 0.2) is 24.8 Å². The second-order valence-electron chi connectivity index (χ2n) is 7.11. The zero-order valence-corrected chi connectivity index (χ0v) is 17.1. The van der Waals surface area contributed by atoms with Gasteiger partial charge >= 0.3 is 6.09 Å². The molecule has 3 amide bonds. The van der Waals surface area contributed by atoms with Gasteiger partial charge in [0.05, 0.1) is 22.3 Å². The largest absolute Gasteiger partial charge is 0.435 e. The number of anilines is 1. The summed E-state index contributed by atoms with van der Waals surface area (Å²) in [5.74, 6) is -1.34. The molecule has 1 aromatic rings. The number of amides is 3. The van der Waals surface area contributed by atoms with Gasteiger partial charge in [-0.3, -0.25) is 14.9 Å². The summed E-state index contributed by atoms with van der Waals surface area (Å²) in [7, 11) is 0. The molecule has 1 N–H and O–H groups in total. The summed E-state index contributed by atoms with van der Waals surface area (Å²) in [6.45, 7) is 7.53. The second kappa shape index (κ2) is 8.02. The van der Waals surface area contributed by atoms with Crippen molar-refractivity contribution in [3.63, 3.8) is 0 Å². The van der Waals surface area contributed by atoms with Gasteiger partial charge in [0.25, 0.3) is 0 Å². The summed E-state index contributed by atoms with van der Waals surface area (Å²) in [5.41, 5.74) is -0.939. The lowest BCUT2D eigenvalue weighted by molar-refractivity contribution is -0.150. The normalized spacial score (nSPS) is 23.1. The average Bonchev–Trinajstić information content (AvgIpc) is 2.70. The van der Waals surface area contributed by atoms with Crippen molar-refractivity contribution in [2.75, 3.05) is 25.0 Å². The summed E-state index contributed by atoms with van der Waals surface area (Å²) in [5, 5.41) is 2.41. The molecule has 2 atom stereocenters. The Labute approximate surface area is 173 Å². The first-order chi connectivity index (χ1) is 13.7. The van der Waals surface area contributed by atoms with Crippen LogP contribution in [0.5, 0.6) is 0 Å². The predicted molar refractivity (Wildman–Crippen MR) is 106 cm³/mol. The van der Waals surface area contributed by atoms with Gasteiger partial charge in [-0.2, -0.15) is 0 Å². The minimum atomic E-state index is -1.36. The molecular formula is C20H23ClFN3O4. The number of carbonyl (C=O) groups is 3. The molecule has 3 rings (SSSR count). The first kappa shape index (κ1) is 21.1. The third-order valence-corrected chi connectivity index (χ3v) is 5.93. The first-order valence-corrected chi connectivity index (χ1v) is 9.82. The van der Waals surface area contributed by atoms with Gasteiger partial charge in [0.15, 0.2) is 11.4 Å². The fourth-order valence-corrected chi connectivity index (χ4v) is 4.28. The summed E-state index contributed by atoms with van der Waals surface area (Å²) in [6.07, 6.45) is 1.28. The molecule has 7 nitrogen and oxygen atoms in total. The second-order valence-corrected chi connectivity index (χ2v) is 7.52. The van der Waals surface area contributed by atoms with Crippen molar-refractivity contribution in [2.45, 2.75) is 38.3 Å². The third-order valence-electron chi connectivity index (χ3n) is 5.63. The highest BCUT2D eigenvalue weighted by atomic mass is 35.5. The van der Waals surface area contributed by atoms with Gasteiger partial charge < -0.3 is 14.5 Å². The lowest BCUT2D eigenvalue weighted by atomic mass is 9.77. The van der Waals surface area contributed by atoms with Crippen LogP contribution in [0.2, 0.25) is 5.02 Å². The van der Waals surface area contributed by atoms with Gasteiger partial charge in [0, 0.05) is 13.1 Å². The Morgan fingerprint density at radius 3 is 2.90 bits per heavy atom. The maximum atomic E-state index is 15.0. The minimum Gasteiger partial charge on any atom is -0.435 e. The van der Waals surface area contributed by atoms with Crippen molar-refractivity contribution in [1.82, 2.24) is 9.80 Å². The molecule has 29 heavy (non-hydrogen) atoms. The Balaban J connectivity index is 1.98. The molecule has 0 radical (unpaired) electrons. The van der Waals surface area contributed by atoms with Crippen LogP contribution >= 0.6 is 11.6 Å². The molecule has 0 aliphatic carbocycles. The minimum absolute atomic E-state index is 0.0905. The zero-order valence-electron chi connectivity index (χ0n) is 16.3. The van der Waals surface area contributed by atoms with Crippen molar-refractivity contribution in [1.29, 1.82) is 0 Å². The van der Waals surface area contributed by atoms with Crippen molar-refractivity contribution in [3.05, 3.63) is 41.2 Å². The number of rotatable bonds is 4. The molecule has 2 aliphatic rings. The number of hydrogen-bond donors (Lipinski definition) is 1. The van der Waals surface area contributed by atoms with Crippen molar-refractivity contribution >= 4 is 35.2 Å². The monoisotopic (exact) mass is 423 g/mol. The number of hydrogen-bond acceptors (Lipinski definition) is 4. The Morgan fingerprint density at radius 2 is 2.24 bits per heavy atom. The Bertz CT molecular complexity index is 878. The van der Waals surface area contributed by atoms with E-state index in [4.69, 9.17) is 16.3 Å². The molecule has 1 spiro atoms. The number of carbonyl (C=O) groups excluding carboxylic acids is 3. The highest BCUT2D eigenvalue weighted by Gasteiger charge is 2.53. The van der Waals surface area contributed by atoms with E-state index in [0.29, 0.717) is 25.9 Å². The van der Waals surface area contributed by atoms with E-state index in [-0.39, 0.29) is 34.6 Å². The summed E-state index contributed by atoms with van der Waals surface area (Å²) < 4.78 is 20.7. The smallest absolute Gasteiger partial charge is 0.412 e. The van der Waals surface area contributed by atoms with E-state index in [1.165, 1.54) is 21.9 Å². The number of piperidine rings is 1. The molecule has 2 unspecified atom stereocenters. The van der Waals surface area contributed by atoms with E-state index < -0.39 is 23.6 Å². The molecule has 2 heterocycles. The van der Waals surface area contributed by atoms with Gasteiger partial charge in [-0.25, -0.2) is 9.18 Å². The van der Waals surface area contributed by atoms with Crippen LogP contribution in [0.3, 0.4) is 0 Å². The van der Waals surface area contributed by atoms with Crippen LogP contribution in [0.25, 0.3) is 0 Å². The van der Waals surface area contributed by atoms with E-state index in [2.05, 4.69) is 11.9 Å². The SMILES string of the molecule is C=CC(=O)N(CC)CC(=O)N1CCCC2(OC(=O)Nc3ccc(Cl)c(F)c32)C1C. The first-order valence-electron chi connectivity index (χ1n) is 9.44. The van der Waals surface area contributed by atoms with Crippen LogP contribution in [-0.4, -0.2) is 53.4 Å². The summed E-state index contributed by atoms with van der Waals surface area (Å²) in [6, 6.07) is 2.24. The summed E-state index contributed by atoms with van der Waals surface area (Å²) >= 11 is 5.99. The Kier molecular flexibility index (Phi) is 5.84. The number of ether oxygens (including phenoxy) is 1. The van der Waals surface area contributed by atoms with Crippen LogP contribution in [0, 0.1) is 5.82 Å². The number of halogens is 2. The molecule has 1 fully saturated rings. The number of fused-ring (bicyclic) bond motifs is 2. The Hall–Kier alpha value is -2.61. The fraction of sp³-hybridized carbons (Fsp3) is 0.450. The topological polar surface area (TPSA) is 79.0 Å². The van der Waals surface area contributed by atoms with Gasteiger partial charge in [-0.15, -0.1) is 0 Å².